The highest BCUT2D eigenvalue weighted by Crippen LogP contribution is 2.29. The molecule has 2 aliphatic carbocycles. The van der Waals surface area contributed by atoms with E-state index in [2.05, 4.69) is 24.3 Å². The minimum absolute atomic E-state index is 0.443. The molecule has 0 unspecified atom stereocenters. The standard InChI is InChI=1S/C15H14O/c16-15(9-11-5-6-11)14-8-7-12-3-1-2-4-13(12)10-14/h1-4,7,9-10,16H,5-6,8H2. The van der Waals surface area contributed by atoms with Gasteiger partial charge in [-0.3, -0.25) is 0 Å². The van der Waals surface area contributed by atoms with Crippen LogP contribution in [-0.2, 0) is 0 Å². The molecule has 1 N–H and O–H groups in total. The third kappa shape index (κ3) is 1.81. The van der Waals surface area contributed by atoms with E-state index < -0.39 is 0 Å². The lowest BCUT2D eigenvalue weighted by Crippen LogP contribution is -2.26. The maximum absolute atomic E-state index is 9.96. The maximum Gasteiger partial charge on any atom is 0.119 e. The lowest BCUT2D eigenvalue weighted by molar-refractivity contribution is 0.427. The number of aliphatic hydroxyl groups excluding tert-OH is 1. The third-order valence-corrected chi connectivity index (χ3v) is 3.08. The van der Waals surface area contributed by atoms with Gasteiger partial charge < -0.3 is 5.11 Å². The van der Waals surface area contributed by atoms with Crippen LogP contribution in [0, 0.1) is 0 Å². The van der Waals surface area contributed by atoms with Crippen molar-refractivity contribution in [3.63, 3.8) is 0 Å². The Hall–Kier alpha value is -1.76. The Morgan fingerprint density at radius 2 is 1.88 bits per heavy atom. The third-order valence-electron chi connectivity index (χ3n) is 3.08. The van der Waals surface area contributed by atoms with Crippen molar-refractivity contribution in [3.8, 4) is 0 Å². The van der Waals surface area contributed by atoms with E-state index in [1.807, 2.05) is 18.2 Å². The Kier molecular flexibility index (Phi) is 2.17. The zero-order valence-corrected chi connectivity index (χ0v) is 9.11. The molecule has 2 aliphatic rings. The highest BCUT2D eigenvalue weighted by atomic mass is 16.3. The van der Waals surface area contributed by atoms with Crippen LogP contribution in [0.4, 0.5) is 0 Å². The molecule has 0 aliphatic heterocycles. The van der Waals surface area contributed by atoms with Gasteiger partial charge in [0.25, 0.3) is 0 Å². The molecule has 1 heteroatoms. The van der Waals surface area contributed by atoms with Gasteiger partial charge >= 0.3 is 0 Å². The first kappa shape index (κ1) is 9.46. The molecule has 0 spiro atoms. The van der Waals surface area contributed by atoms with Gasteiger partial charge in [-0.2, -0.15) is 0 Å². The minimum atomic E-state index is 0.443. The molecule has 0 heterocycles. The topological polar surface area (TPSA) is 20.2 Å². The molecule has 0 atom stereocenters. The zero-order valence-electron chi connectivity index (χ0n) is 9.11. The number of hydrogen-bond acceptors (Lipinski definition) is 1. The van der Waals surface area contributed by atoms with Gasteiger partial charge in [0, 0.05) is 0 Å². The second-order valence-electron chi connectivity index (χ2n) is 4.39. The molecule has 1 nitrogen and oxygen atoms in total. The van der Waals surface area contributed by atoms with Crippen molar-refractivity contribution >= 4 is 12.2 Å². The molecule has 0 saturated heterocycles. The number of aliphatic hydroxyl groups is 1. The average Bonchev–Trinajstić information content (AvgIpc) is 3.12. The van der Waals surface area contributed by atoms with Gasteiger partial charge in [-0.25, -0.2) is 0 Å². The average molecular weight is 210 g/mol. The van der Waals surface area contributed by atoms with Crippen LogP contribution in [0.1, 0.15) is 19.3 Å². The summed E-state index contributed by atoms with van der Waals surface area (Å²) in [6.45, 7) is 0. The summed E-state index contributed by atoms with van der Waals surface area (Å²) >= 11 is 0. The Labute approximate surface area is 94.7 Å². The van der Waals surface area contributed by atoms with Gasteiger partial charge in [-0.1, -0.05) is 35.9 Å². The molecule has 0 radical (unpaired) electrons. The fourth-order valence-corrected chi connectivity index (χ4v) is 1.98. The fraction of sp³-hybridized carbons (Fsp3) is 0.200. The lowest BCUT2D eigenvalue weighted by Gasteiger charge is -2.05. The molecule has 3 rings (SSSR count). The maximum atomic E-state index is 9.96. The van der Waals surface area contributed by atoms with Crippen LogP contribution >= 0.6 is 0 Å². The second kappa shape index (κ2) is 3.67. The van der Waals surface area contributed by atoms with Gasteiger partial charge in [0.15, 0.2) is 0 Å². The largest absolute Gasteiger partial charge is 0.508 e. The predicted molar refractivity (Wildman–Crippen MR) is 66.2 cm³/mol. The zero-order chi connectivity index (χ0) is 11.0. The minimum Gasteiger partial charge on any atom is -0.508 e. The Morgan fingerprint density at radius 1 is 1.12 bits per heavy atom. The quantitative estimate of drug-likeness (QED) is 0.704. The molecule has 1 aromatic carbocycles. The summed E-state index contributed by atoms with van der Waals surface area (Å²) in [4.78, 5) is 0. The number of allylic oxidation sites excluding steroid dienone is 3. The number of hydrogen-bond donors (Lipinski definition) is 1. The van der Waals surface area contributed by atoms with Crippen LogP contribution in [0.3, 0.4) is 0 Å². The smallest absolute Gasteiger partial charge is 0.119 e. The van der Waals surface area contributed by atoms with Crippen LogP contribution in [0.15, 0.2) is 47.2 Å². The van der Waals surface area contributed by atoms with Crippen molar-refractivity contribution in [1.29, 1.82) is 0 Å². The molecular weight excluding hydrogens is 196 g/mol. The summed E-state index contributed by atoms with van der Waals surface area (Å²) in [6.07, 6.45) is 9.31. The molecule has 1 aromatic rings. The van der Waals surface area contributed by atoms with Gasteiger partial charge in [0.05, 0.1) is 0 Å². The molecule has 16 heavy (non-hydrogen) atoms. The van der Waals surface area contributed by atoms with Gasteiger partial charge in [-0.15, -0.1) is 0 Å². The van der Waals surface area contributed by atoms with Crippen LogP contribution in [0.2, 0.25) is 0 Å². The van der Waals surface area contributed by atoms with E-state index in [1.165, 1.54) is 16.0 Å². The number of benzene rings is 1. The molecule has 80 valence electrons. The van der Waals surface area contributed by atoms with E-state index in [9.17, 15) is 5.11 Å². The van der Waals surface area contributed by atoms with E-state index >= 15 is 0 Å². The predicted octanol–water partition coefficient (Wildman–Crippen LogP) is 2.18. The molecular formula is C15H14O. The molecule has 0 bridgehead atoms. The van der Waals surface area contributed by atoms with Crippen molar-refractivity contribution in [3.05, 3.63) is 57.7 Å². The van der Waals surface area contributed by atoms with Gasteiger partial charge in [-0.05, 0) is 47.4 Å². The number of rotatable bonds is 1. The van der Waals surface area contributed by atoms with Crippen molar-refractivity contribution in [2.75, 3.05) is 0 Å². The van der Waals surface area contributed by atoms with Gasteiger partial charge in [0.2, 0.25) is 0 Å². The lowest BCUT2D eigenvalue weighted by atomic mass is 10.0. The van der Waals surface area contributed by atoms with Crippen molar-refractivity contribution in [2.24, 2.45) is 0 Å². The van der Waals surface area contributed by atoms with E-state index in [1.54, 1.807) is 0 Å². The van der Waals surface area contributed by atoms with E-state index in [0.29, 0.717) is 5.76 Å². The van der Waals surface area contributed by atoms with E-state index in [0.717, 1.165) is 24.8 Å². The van der Waals surface area contributed by atoms with Crippen molar-refractivity contribution < 1.29 is 5.11 Å². The molecule has 0 aromatic heterocycles. The van der Waals surface area contributed by atoms with Crippen molar-refractivity contribution in [1.82, 2.24) is 0 Å². The second-order valence-corrected chi connectivity index (χ2v) is 4.39. The normalized spacial score (nSPS) is 20.4. The van der Waals surface area contributed by atoms with E-state index in [4.69, 9.17) is 0 Å². The summed E-state index contributed by atoms with van der Waals surface area (Å²) in [5, 5.41) is 12.4. The summed E-state index contributed by atoms with van der Waals surface area (Å²) in [7, 11) is 0. The first-order chi connectivity index (χ1) is 7.83. The van der Waals surface area contributed by atoms with E-state index in [-0.39, 0.29) is 0 Å². The fourth-order valence-electron chi connectivity index (χ4n) is 1.98. The summed E-state index contributed by atoms with van der Waals surface area (Å²) in [5.41, 5.74) is 2.38. The number of fused-ring (bicyclic) bond motifs is 1. The first-order valence-corrected chi connectivity index (χ1v) is 5.71. The van der Waals surface area contributed by atoms with Crippen molar-refractivity contribution in [2.45, 2.75) is 19.3 Å². The van der Waals surface area contributed by atoms with Gasteiger partial charge in [0.1, 0.15) is 5.76 Å². The molecule has 1 fully saturated rings. The first-order valence-electron chi connectivity index (χ1n) is 5.71. The Balaban J connectivity index is 2.09. The highest BCUT2D eigenvalue weighted by molar-refractivity contribution is 5.58. The van der Waals surface area contributed by atoms with Crippen LogP contribution in [0.5, 0.6) is 0 Å². The highest BCUT2D eigenvalue weighted by Gasteiger charge is 2.12. The van der Waals surface area contributed by atoms with Crippen LogP contribution in [-0.4, -0.2) is 5.11 Å². The summed E-state index contributed by atoms with van der Waals surface area (Å²) in [5.74, 6) is 0.443. The SMILES string of the molecule is OC(C=C1CC1)=C1C=c2ccccc2=CC1. The van der Waals surface area contributed by atoms with Crippen LogP contribution in [0.25, 0.3) is 12.2 Å². The van der Waals surface area contributed by atoms with Crippen LogP contribution < -0.4 is 10.4 Å². The molecule has 0 amide bonds. The monoisotopic (exact) mass is 210 g/mol. The Bertz CT molecular complexity index is 597. The Morgan fingerprint density at radius 3 is 2.62 bits per heavy atom. The summed E-state index contributed by atoms with van der Waals surface area (Å²) < 4.78 is 0. The summed E-state index contributed by atoms with van der Waals surface area (Å²) in [6, 6.07) is 8.27. The molecule has 1 saturated carbocycles.